The molecule has 2 bridgehead atoms. The Hall–Kier alpha value is -2.49. The van der Waals surface area contributed by atoms with Crippen LogP contribution in [0.3, 0.4) is 0 Å². The summed E-state index contributed by atoms with van der Waals surface area (Å²) in [6.45, 7) is 0. The molecule has 1 aliphatic heterocycles. The Morgan fingerprint density at radius 3 is 2.13 bits per heavy atom. The lowest BCUT2D eigenvalue weighted by molar-refractivity contribution is -0.140. The molecule has 0 radical (unpaired) electrons. The van der Waals surface area contributed by atoms with Gasteiger partial charge in [-0.2, -0.15) is 10.1 Å². The van der Waals surface area contributed by atoms with Gasteiger partial charge in [-0.05, 0) is 36.3 Å². The molecule has 4 nitrogen and oxygen atoms in total. The third-order valence-electron chi connectivity index (χ3n) is 5.09. The summed E-state index contributed by atoms with van der Waals surface area (Å²) in [5.74, 6) is -0.238. The number of carbonyl (C=O) groups excluding carboxylic acids is 2. The molecule has 1 aromatic carbocycles. The van der Waals surface area contributed by atoms with E-state index < -0.39 is 0 Å². The van der Waals surface area contributed by atoms with Crippen LogP contribution in [0.1, 0.15) is 18.4 Å². The second kappa shape index (κ2) is 5.61. The van der Waals surface area contributed by atoms with Crippen LogP contribution in [-0.4, -0.2) is 23.0 Å². The maximum atomic E-state index is 12.5. The van der Waals surface area contributed by atoms with Gasteiger partial charge in [-0.25, -0.2) is 0 Å². The van der Waals surface area contributed by atoms with Crippen LogP contribution in [-0.2, 0) is 9.59 Å². The van der Waals surface area contributed by atoms with Crippen molar-refractivity contribution >= 4 is 24.1 Å². The highest BCUT2D eigenvalue weighted by Gasteiger charge is 2.56. The minimum Gasteiger partial charge on any atom is -0.272 e. The van der Waals surface area contributed by atoms with E-state index in [0.29, 0.717) is 0 Å². The molecule has 2 amide bonds. The first-order valence-corrected chi connectivity index (χ1v) is 8.07. The van der Waals surface area contributed by atoms with Crippen molar-refractivity contribution in [1.82, 2.24) is 5.01 Å². The smallest absolute Gasteiger partial charge is 0.254 e. The molecule has 1 aromatic rings. The van der Waals surface area contributed by atoms with Crippen LogP contribution in [0.5, 0.6) is 0 Å². The molecule has 3 aliphatic carbocycles. The molecule has 23 heavy (non-hydrogen) atoms. The lowest BCUT2D eigenvalue weighted by Gasteiger charge is -2.37. The van der Waals surface area contributed by atoms with Crippen LogP contribution in [0.4, 0.5) is 0 Å². The average molecular weight is 306 g/mol. The zero-order chi connectivity index (χ0) is 15.8. The number of allylic oxidation sites excluding steroid dienone is 3. The highest BCUT2D eigenvalue weighted by Crippen LogP contribution is 2.49. The molecule has 0 unspecified atom stereocenters. The standard InChI is InChI=1S/C19H18N2O2/c22-18-16-14-8-9-15(11-10-14)17(16)19(23)21(18)20-12-4-7-13-5-2-1-3-6-13/h1-9,12,14-17H,10-11H2/b7-4+,20-12-/t14-,15-,16-,17+/m0/s1. The summed E-state index contributed by atoms with van der Waals surface area (Å²) in [5.41, 5.74) is 1.05. The molecular formula is C19H18N2O2. The van der Waals surface area contributed by atoms with Gasteiger partial charge in [0.2, 0.25) is 0 Å². The largest absolute Gasteiger partial charge is 0.272 e. The molecule has 5 rings (SSSR count). The van der Waals surface area contributed by atoms with E-state index in [1.807, 2.05) is 36.4 Å². The number of benzene rings is 1. The Morgan fingerprint density at radius 1 is 0.957 bits per heavy atom. The number of fused-ring (bicyclic) bond motifs is 1. The molecule has 0 N–H and O–H groups in total. The summed E-state index contributed by atoms with van der Waals surface area (Å²) < 4.78 is 0. The fraction of sp³-hybridized carbons (Fsp3) is 0.316. The quantitative estimate of drug-likeness (QED) is 0.490. The average Bonchev–Trinajstić information content (AvgIpc) is 2.87. The van der Waals surface area contributed by atoms with Crippen LogP contribution in [0, 0.1) is 23.7 Å². The normalized spacial score (nSPS) is 32.4. The van der Waals surface area contributed by atoms with Crippen molar-refractivity contribution in [2.75, 3.05) is 0 Å². The van der Waals surface area contributed by atoms with Gasteiger partial charge in [0.15, 0.2) is 0 Å². The van der Waals surface area contributed by atoms with Gasteiger partial charge < -0.3 is 0 Å². The summed E-state index contributed by atoms with van der Waals surface area (Å²) in [6, 6.07) is 9.83. The zero-order valence-electron chi connectivity index (χ0n) is 12.7. The Balaban J connectivity index is 1.50. The fourth-order valence-electron chi connectivity index (χ4n) is 4.00. The first-order chi connectivity index (χ1) is 11.3. The van der Waals surface area contributed by atoms with Crippen LogP contribution < -0.4 is 0 Å². The summed E-state index contributed by atoms with van der Waals surface area (Å²) in [7, 11) is 0. The van der Waals surface area contributed by atoms with Gasteiger partial charge in [0, 0.05) is 6.21 Å². The number of carbonyl (C=O) groups is 2. The topological polar surface area (TPSA) is 49.7 Å². The molecule has 0 spiro atoms. The monoisotopic (exact) mass is 306 g/mol. The van der Waals surface area contributed by atoms with Crippen molar-refractivity contribution in [1.29, 1.82) is 0 Å². The minimum atomic E-state index is -0.193. The number of rotatable bonds is 3. The third kappa shape index (κ3) is 2.34. The van der Waals surface area contributed by atoms with E-state index in [1.165, 1.54) is 6.21 Å². The third-order valence-corrected chi connectivity index (χ3v) is 5.09. The summed E-state index contributed by atoms with van der Waals surface area (Å²) in [5, 5.41) is 5.20. The molecule has 1 saturated heterocycles. The van der Waals surface area contributed by atoms with E-state index in [-0.39, 0.29) is 35.5 Å². The van der Waals surface area contributed by atoms with Gasteiger partial charge in [-0.3, -0.25) is 9.59 Å². The van der Waals surface area contributed by atoms with Gasteiger partial charge in [0.25, 0.3) is 11.8 Å². The summed E-state index contributed by atoms with van der Waals surface area (Å²) in [6.07, 6.45) is 11.4. The number of amides is 2. The van der Waals surface area contributed by atoms with Crippen molar-refractivity contribution in [3.8, 4) is 0 Å². The Labute approximate surface area is 135 Å². The van der Waals surface area contributed by atoms with Crippen molar-refractivity contribution in [3.05, 3.63) is 54.1 Å². The van der Waals surface area contributed by atoms with Crippen molar-refractivity contribution in [2.24, 2.45) is 28.8 Å². The fourth-order valence-corrected chi connectivity index (χ4v) is 4.00. The van der Waals surface area contributed by atoms with Gasteiger partial charge in [0.1, 0.15) is 0 Å². The van der Waals surface area contributed by atoms with E-state index in [1.54, 1.807) is 6.08 Å². The van der Waals surface area contributed by atoms with E-state index in [2.05, 4.69) is 17.3 Å². The second-order valence-electron chi connectivity index (χ2n) is 6.36. The number of hydrazone groups is 1. The zero-order valence-corrected chi connectivity index (χ0v) is 12.7. The number of hydrogen-bond donors (Lipinski definition) is 0. The van der Waals surface area contributed by atoms with Gasteiger partial charge in [-0.1, -0.05) is 48.6 Å². The minimum absolute atomic E-state index is 0.136. The number of nitrogens with zero attached hydrogens (tertiary/aromatic N) is 2. The van der Waals surface area contributed by atoms with Gasteiger partial charge in [0.05, 0.1) is 11.8 Å². The van der Waals surface area contributed by atoms with Crippen LogP contribution in [0.15, 0.2) is 53.7 Å². The Kier molecular flexibility index (Phi) is 3.45. The summed E-state index contributed by atoms with van der Waals surface area (Å²) in [4.78, 5) is 25.1. The van der Waals surface area contributed by atoms with Crippen LogP contribution >= 0.6 is 0 Å². The predicted molar refractivity (Wildman–Crippen MR) is 88.2 cm³/mol. The summed E-state index contributed by atoms with van der Waals surface area (Å²) >= 11 is 0. The molecule has 4 aliphatic rings. The molecule has 0 aromatic heterocycles. The van der Waals surface area contributed by atoms with E-state index in [0.717, 1.165) is 23.4 Å². The number of hydrogen-bond acceptors (Lipinski definition) is 3. The van der Waals surface area contributed by atoms with Crippen LogP contribution in [0.2, 0.25) is 0 Å². The number of imide groups is 1. The Morgan fingerprint density at radius 2 is 1.57 bits per heavy atom. The molecule has 2 fully saturated rings. The lowest BCUT2D eigenvalue weighted by Crippen LogP contribution is -2.38. The molecule has 1 saturated carbocycles. The molecule has 4 atom stereocenters. The highest BCUT2D eigenvalue weighted by molar-refractivity contribution is 6.06. The SMILES string of the molecule is O=C1[C@@H]2[C@H](C(=O)N1/N=C\C=C\c1ccccc1)[C@H]1C=C[C@H]2CC1. The van der Waals surface area contributed by atoms with Crippen molar-refractivity contribution in [3.63, 3.8) is 0 Å². The van der Waals surface area contributed by atoms with E-state index >= 15 is 0 Å². The maximum absolute atomic E-state index is 12.5. The predicted octanol–water partition coefficient (Wildman–Crippen LogP) is 2.88. The van der Waals surface area contributed by atoms with Gasteiger partial charge >= 0.3 is 0 Å². The van der Waals surface area contributed by atoms with E-state index in [4.69, 9.17) is 0 Å². The second-order valence-corrected chi connectivity index (χ2v) is 6.36. The molecule has 116 valence electrons. The van der Waals surface area contributed by atoms with Crippen molar-refractivity contribution in [2.45, 2.75) is 12.8 Å². The first kappa shape index (κ1) is 14.1. The van der Waals surface area contributed by atoms with E-state index in [9.17, 15) is 9.59 Å². The highest BCUT2D eigenvalue weighted by atomic mass is 16.2. The molecular weight excluding hydrogens is 288 g/mol. The molecule has 4 heteroatoms. The van der Waals surface area contributed by atoms with Gasteiger partial charge in [-0.15, -0.1) is 0 Å². The van der Waals surface area contributed by atoms with Crippen LogP contribution in [0.25, 0.3) is 6.08 Å². The first-order valence-electron chi connectivity index (χ1n) is 8.07. The van der Waals surface area contributed by atoms with Crippen molar-refractivity contribution < 1.29 is 9.59 Å². The molecule has 1 heterocycles. The maximum Gasteiger partial charge on any atom is 0.254 e. The lowest BCUT2D eigenvalue weighted by atomic mass is 9.63. The Bertz CT molecular complexity index is 688.